The van der Waals surface area contributed by atoms with Crippen LogP contribution in [0.15, 0.2) is 18.2 Å². The molecule has 1 aromatic carbocycles. The second-order valence-corrected chi connectivity index (χ2v) is 6.54. The quantitative estimate of drug-likeness (QED) is 0.867. The summed E-state index contributed by atoms with van der Waals surface area (Å²) in [6.45, 7) is 3.23. The van der Waals surface area contributed by atoms with Gasteiger partial charge in [0.1, 0.15) is 4.99 Å². The van der Waals surface area contributed by atoms with E-state index in [0.29, 0.717) is 10.0 Å². The molecule has 1 aromatic rings. The number of rotatable bonds is 4. The van der Waals surface area contributed by atoms with Gasteiger partial charge >= 0.3 is 0 Å². The van der Waals surface area contributed by atoms with E-state index in [2.05, 4.69) is 30.0 Å². The maximum Gasteiger partial charge on any atom is 0.107 e. The van der Waals surface area contributed by atoms with Crippen LogP contribution in [0.4, 0.5) is 5.69 Å². The van der Waals surface area contributed by atoms with Gasteiger partial charge in [0.15, 0.2) is 0 Å². The number of benzene rings is 1. The molecule has 1 heterocycles. The van der Waals surface area contributed by atoms with Crippen molar-refractivity contribution in [3.63, 3.8) is 0 Å². The maximum atomic E-state index is 6.24. The average Bonchev–Trinajstić information content (AvgIpc) is 2.38. The molecule has 1 saturated heterocycles. The van der Waals surface area contributed by atoms with E-state index in [-0.39, 0.29) is 0 Å². The summed E-state index contributed by atoms with van der Waals surface area (Å²) in [5.41, 5.74) is 7.72. The third-order valence-corrected chi connectivity index (χ3v) is 4.34. The van der Waals surface area contributed by atoms with Gasteiger partial charge in [-0.25, -0.2) is 0 Å². The van der Waals surface area contributed by atoms with E-state index >= 15 is 0 Å². The van der Waals surface area contributed by atoms with Gasteiger partial charge in [-0.2, -0.15) is 0 Å². The van der Waals surface area contributed by atoms with Crippen LogP contribution >= 0.6 is 23.8 Å². The van der Waals surface area contributed by atoms with Crippen LogP contribution in [-0.2, 0) is 0 Å². The Kier molecular flexibility index (Phi) is 5.24. The summed E-state index contributed by atoms with van der Waals surface area (Å²) in [6.07, 6.45) is 2.39. The molecule has 2 N–H and O–H groups in total. The predicted molar refractivity (Wildman–Crippen MR) is 90.8 cm³/mol. The van der Waals surface area contributed by atoms with E-state index in [1.54, 1.807) is 0 Å². The molecule has 5 heteroatoms. The standard InChI is InChI=1S/C15H22ClN3S/c1-18(2)10-11-6-8-19(9-7-11)13-5-3-4-12(16)14(13)15(17)20/h3-5,11H,6-10H2,1-2H3,(H2,17,20). The summed E-state index contributed by atoms with van der Waals surface area (Å²) >= 11 is 11.4. The lowest BCUT2D eigenvalue weighted by Gasteiger charge is -2.35. The third kappa shape index (κ3) is 3.62. The predicted octanol–water partition coefficient (Wildman–Crippen LogP) is 2.75. The molecule has 1 fully saturated rings. The van der Waals surface area contributed by atoms with E-state index in [4.69, 9.17) is 29.6 Å². The van der Waals surface area contributed by atoms with Crippen molar-refractivity contribution in [1.82, 2.24) is 4.90 Å². The number of nitrogens with two attached hydrogens (primary N) is 1. The van der Waals surface area contributed by atoms with Gasteiger partial charge in [0.25, 0.3) is 0 Å². The van der Waals surface area contributed by atoms with E-state index in [9.17, 15) is 0 Å². The molecule has 0 unspecified atom stereocenters. The molecule has 1 aliphatic heterocycles. The fourth-order valence-corrected chi connectivity index (χ4v) is 3.43. The van der Waals surface area contributed by atoms with Crippen molar-refractivity contribution in [2.24, 2.45) is 11.7 Å². The van der Waals surface area contributed by atoms with Crippen LogP contribution in [0, 0.1) is 5.92 Å². The van der Waals surface area contributed by atoms with Gasteiger partial charge in [-0.3, -0.25) is 0 Å². The van der Waals surface area contributed by atoms with Gasteiger partial charge in [-0.1, -0.05) is 29.9 Å². The Morgan fingerprint density at radius 1 is 1.40 bits per heavy atom. The normalized spacial score (nSPS) is 16.7. The van der Waals surface area contributed by atoms with Gasteiger partial charge in [-0.05, 0) is 45.0 Å². The smallest absolute Gasteiger partial charge is 0.107 e. The summed E-state index contributed by atoms with van der Waals surface area (Å²) in [6, 6.07) is 5.87. The Hall–Kier alpha value is -0.840. The number of nitrogens with zero attached hydrogens (tertiary/aromatic N) is 2. The number of hydrogen-bond donors (Lipinski definition) is 1. The molecule has 0 amide bonds. The van der Waals surface area contributed by atoms with Gasteiger partial charge in [-0.15, -0.1) is 0 Å². The lowest BCUT2D eigenvalue weighted by atomic mass is 9.95. The van der Waals surface area contributed by atoms with E-state index in [1.165, 1.54) is 12.8 Å². The van der Waals surface area contributed by atoms with Crippen LogP contribution in [0.5, 0.6) is 0 Å². The topological polar surface area (TPSA) is 32.5 Å². The first-order valence-electron chi connectivity index (χ1n) is 6.97. The van der Waals surface area contributed by atoms with Crippen molar-refractivity contribution in [1.29, 1.82) is 0 Å². The van der Waals surface area contributed by atoms with Gasteiger partial charge < -0.3 is 15.5 Å². The van der Waals surface area contributed by atoms with Gasteiger partial charge in [0, 0.05) is 25.3 Å². The highest BCUT2D eigenvalue weighted by Crippen LogP contribution is 2.30. The van der Waals surface area contributed by atoms with Crippen molar-refractivity contribution in [2.45, 2.75) is 12.8 Å². The molecule has 0 spiro atoms. The van der Waals surface area contributed by atoms with Crippen LogP contribution in [0.3, 0.4) is 0 Å². The summed E-state index contributed by atoms with van der Waals surface area (Å²) < 4.78 is 0. The average molecular weight is 312 g/mol. The summed E-state index contributed by atoms with van der Waals surface area (Å²) in [7, 11) is 4.27. The minimum absolute atomic E-state index is 0.376. The number of halogens is 1. The summed E-state index contributed by atoms with van der Waals surface area (Å²) in [5, 5.41) is 0.644. The molecule has 0 aromatic heterocycles. The molecule has 20 heavy (non-hydrogen) atoms. The van der Waals surface area contributed by atoms with Gasteiger partial charge in [0.05, 0.1) is 10.6 Å². The van der Waals surface area contributed by atoms with Crippen molar-refractivity contribution < 1.29 is 0 Å². The highest BCUT2D eigenvalue weighted by atomic mass is 35.5. The summed E-state index contributed by atoms with van der Waals surface area (Å²) in [4.78, 5) is 4.99. The van der Waals surface area contributed by atoms with Crippen LogP contribution in [0.1, 0.15) is 18.4 Å². The monoisotopic (exact) mass is 311 g/mol. The Labute approximate surface area is 131 Å². The fraction of sp³-hybridized carbons (Fsp3) is 0.533. The lowest BCUT2D eigenvalue weighted by molar-refractivity contribution is 0.285. The highest BCUT2D eigenvalue weighted by molar-refractivity contribution is 7.80. The maximum absolute atomic E-state index is 6.24. The molecule has 1 aliphatic rings. The number of piperidine rings is 1. The largest absolute Gasteiger partial charge is 0.389 e. The van der Waals surface area contributed by atoms with Crippen LogP contribution in [0.25, 0.3) is 0 Å². The molecular formula is C15H22ClN3S. The molecule has 110 valence electrons. The molecule has 0 saturated carbocycles. The minimum atomic E-state index is 0.376. The Balaban J connectivity index is 2.11. The Morgan fingerprint density at radius 3 is 2.60 bits per heavy atom. The molecule has 2 rings (SSSR count). The molecule has 0 aliphatic carbocycles. The second kappa shape index (κ2) is 6.74. The number of anilines is 1. The minimum Gasteiger partial charge on any atom is -0.389 e. The van der Waals surface area contributed by atoms with Crippen LogP contribution in [-0.4, -0.2) is 43.6 Å². The zero-order valence-corrected chi connectivity index (χ0v) is 13.7. The molecule has 0 radical (unpaired) electrons. The first kappa shape index (κ1) is 15.5. The van der Waals surface area contributed by atoms with Crippen LogP contribution < -0.4 is 10.6 Å². The van der Waals surface area contributed by atoms with Crippen LogP contribution in [0.2, 0.25) is 5.02 Å². The van der Waals surface area contributed by atoms with Gasteiger partial charge in [0.2, 0.25) is 0 Å². The van der Waals surface area contributed by atoms with E-state index < -0.39 is 0 Å². The molecule has 3 nitrogen and oxygen atoms in total. The zero-order valence-electron chi connectivity index (χ0n) is 12.1. The summed E-state index contributed by atoms with van der Waals surface area (Å²) in [5.74, 6) is 0.772. The van der Waals surface area contributed by atoms with E-state index in [0.717, 1.165) is 36.8 Å². The first-order valence-corrected chi connectivity index (χ1v) is 7.75. The lowest BCUT2D eigenvalue weighted by Crippen LogP contribution is -2.38. The Bertz CT molecular complexity index is 482. The Morgan fingerprint density at radius 2 is 2.05 bits per heavy atom. The van der Waals surface area contributed by atoms with Crippen molar-refractivity contribution in [3.05, 3.63) is 28.8 Å². The fourth-order valence-electron chi connectivity index (χ4n) is 2.89. The number of thiocarbonyl (C=S) groups is 1. The van der Waals surface area contributed by atoms with Crippen molar-refractivity contribution in [3.8, 4) is 0 Å². The highest BCUT2D eigenvalue weighted by Gasteiger charge is 2.22. The first-order chi connectivity index (χ1) is 9.49. The molecule has 0 atom stereocenters. The van der Waals surface area contributed by atoms with Crippen molar-refractivity contribution >= 4 is 34.5 Å². The number of hydrogen-bond acceptors (Lipinski definition) is 3. The third-order valence-electron chi connectivity index (χ3n) is 3.82. The zero-order chi connectivity index (χ0) is 14.7. The van der Waals surface area contributed by atoms with Crippen molar-refractivity contribution in [2.75, 3.05) is 38.6 Å². The second-order valence-electron chi connectivity index (χ2n) is 5.69. The van der Waals surface area contributed by atoms with E-state index in [1.807, 2.05) is 12.1 Å². The SMILES string of the molecule is CN(C)CC1CCN(c2cccc(Cl)c2C(N)=S)CC1. The molecule has 0 bridgehead atoms. The molecular weight excluding hydrogens is 290 g/mol.